The Morgan fingerprint density at radius 3 is 2.09 bits per heavy atom. The van der Waals surface area contributed by atoms with Gasteiger partial charge in [-0.25, -0.2) is 4.79 Å². The van der Waals surface area contributed by atoms with Gasteiger partial charge in [0.2, 0.25) is 17.7 Å². The number of rotatable bonds is 17. The monoisotopic (exact) mass is 626 g/mol. The van der Waals surface area contributed by atoms with Gasteiger partial charge in [-0.15, -0.1) is 11.8 Å². The minimum atomic E-state index is -1.03. The number of carboxylic acids is 1. The molecule has 44 heavy (non-hydrogen) atoms. The molecule has 2 aliphatic rings. The van der Waals surface area contributed by atoms with Crippen LogP contribution in [0.1, 0.15) is 96.6 Å². The van der Waals surface area contributed by atoms with Crippen LogP contribution in [-0.2, 0) is 19.2 Å². The van der Waals surface area contributed by atoms with E-state index in [1.807, 2.05) is 6.07 Å². The molecule has 6 N–H and O–H groups in total. The maximum Gasteiger partial charge on any atom is 0.327 e. The Labute approximate surface area is 266 Å². The zero-order chi connectivity index (χ0) is 32.5. The molecule has 10 heteroatoms. The lowest BCUT2D eigenvalue weighted by Gasteiger charge is -2.43. The van der Waals surface area contributed by atoms with Gasteiger partial charge in [-0.3, -0.25) is 14.4 Å². The third-order valence-electron chi connectivity index (χ3n) is 7.48. The van der Waals surface area contributed by atoms with E-state index in [2.05, 4.69) is 48.7 Å². The topological polar surface area (TPSA) is 156 Å². The highest BCUT2D eigenvalue weighted by atomic mass is 32.2. The largest absolute Gasteiger partial charge is 0.480 e. The van der Waals surface area contributed by atoms with Crippen molar-refractivity contribution in [2.45, 2.75) is 113 Å². The van der Waals surface area contributed by atoms with Crippen LogP contribution < -0.4 is 16.8 Å². The van der Waals surface area contributed by atoms with Gasteiger partial charge in [0.1, 0.15) is 23.5 Å². The standard InChI is InChI=1S/C18H31NO.C16H19N3O4S/c1-2-3-4-5-6-7-8-9-10-11-12-13-14-15-16-17-18(19)20;1-16(2)11(15(22)23)19-13(21)10(14(19)24-16)18-12(20)9(17)8-6-4-3-5-7-8/h6-7,9-10,12-13H,2-5,8,11,14-17H2,1H3,(H2,19,20);3-7,9-11,14H,17H2,1-2H3,(H,18,20)(H,22,23)/b7-6-,10-9-,13-12-;. The Balaban J connectivity index is 0.000000314. The second kappa shape index (κ2) is 19.1. The number of hydrogen-bond acceptors (Lipinski definition) is 6. The zero-order valence-electron chi connectivity index (χ0n) is 26.3. The summed E-state index contributed by atoms with van der Waals surface area (Å²) in [5, 5.41) is 11.7. The van der Waals surface area contributed by atoms with Crippen molar-refractivity contribution in [2.24, 2.45) is 11.5 Å². The lowest BCUT2D eigenvalue weighted by Crippen LogP contribution is -2.71. The Morgan fingerprint density at radius 1 is 0.977 bits per heavy atom. The number of nitrogens with zero attached hydrogens (tertiary/aromatic N) is 1. The summed E-state index contributed by atoms with van der Waals surface area (Å²) in [6.07, 6.45) is 24.0. The Hall–Kier alpha value is -3.37. The van der Waals surface area contributed by atoms with Crippen LogP contribution in [0.4, 0.5) is 0 Å². The van der Waals surface area contributed by atoms with E-state index in [0.717, 1.165) is 32.1 Å². The number of aliphatic carboxylic acids is 1. The van der Waals surface area contributed by atoms with Gasteiger partial charge >= 0.3 is 5.97 Å². The molecule has 0 bridgehead atoms. The first-order valence-electron chi connectivity index (χ1n) is 15.6. The number of nitrogens with one attached hydrogen (secondary N) is 1. The van der Waals surface area contributed by atoms with E-state index in [1.165, 1.54) is 42.3 Å². The summed E-state index contributed by atoms with van der Waals surface area (Å²) in [5.41, 5.74) is 11.7. The number of fused-ring (bicyclic) bond motifs is 1. The van der Waals surface area contributed by atoms with Gasteiger partial charge in [-0.05, 0) is 64.4 Å². The number of carbonyl (C=O) groups excluding carboxylic acids is 3. The molecule has 3 rings (SSSR count). The predicted octanol–water partition coefficient (Wildman–Crippen LogP) is 5.38. The zero-order valence-corrected chi connectivity index (χ0v) is 27.1. The summed E-state index contributed by atoms with van der Waals surface area (Å²) in [6.45, 7) is 5.81. The number of nitrogens with two attached hydrogens (primary N) is 2. The van der Waals surface area contributed by atoms with Crippen LogP contribution in [-0.4, -0.2) is 55.9 Å². The van der Waals surface area contributed by atoms with Crippen molar-refractivity contribution in [1.82, 2.24) is 10.2 Å². The molecular weight excluding hydrogens is 576 g/mol. The molecular formula is C34H50N4O5S. The molecule has 0 spiro atoms. The van der Waals surface area contributed by atoms with Crippen molar-refractivity contribution in [1.29, 1.82) is 0 Å². The fourth-order valence-corrected chi connectivity index (χ4v) is 6.68. The summed E-state index contributed by atoms with van der Waals surface area (Å²) in [7, 11) is 0. The van der Waals surface area contributed by atoms with E-state index < -0.39 is 34.7 Å². The molecule has 2 heterocycles. The van der Waals surface area contributed by atoms with Crippen molar-refractivity contribution in [3.05, 3.63) is 72.4 Å². The molecule has 2 fully saturated rings. The lowest BCUT2D eigenvalue weighted by atomic mass is 9.95. The highest BCUT2D eigenvalue weighted by molar-refractivity contribution is 8.01. The van der Waals surface area contributed by atoms with E-state index in [4.69, 9.17) is 11.5 Å². The average molecular weight is 627 g/mol. The molecule has 2 saturated heterocycles. The minimum absolute atomic E-state index is 0.195. The molecule has 0 saturated carbocycles. The Kier molecular flexibility index (Phi) is 16.0. The van der Waals surface area contributed by atoms with Crippen LogP contribution in [0.5, 0.6) is 0 Å². The Bertz CT molecular complexity index is 1170. The number of thioether (sulfide) groups is 1. The first kappa shape index (κ1) is 36.8. The molecule has 242 valence electrons. The number of carbonyl (C=O) groups is 4. The van der Waals surface area contributed by atoms with Gasteiger partial charge in [0, 0.05) is 11.2 Å². The van der Waals surface area contributed by atoms with E-state index in [1.54, 1.807) is 38.1 Å². The van der Waals surface area contributed by atoms with Gasteiger partial charge in [0.15, 0.2) is 0 Å². The SMILES string of the molecule is CC1(C)SC2C(NC(=O)C(N)c3ccccc3)C(=O)N2C1C(=O)O.CCCCC/C=C\C/C=C\C/C=C\CCCCC(N)=O. The molecule has 3 amide bonds. The molecule has 1 aromatic carbocycles. The fraction of sp³-hybridized carbons (Fsp3) is 0.529. The van der Waals surface area contributed by atoms with Crippen molar-refractivity contribution in [3.8, 4) is 0 Å². The fourth-order valence-electron chi connectivity index (χ4n) is 5.05. The van der Waals surface area contributed by atoms with Crippen LogP contribution in [0.15, 0.2) is 66.8 Å². The van der Waals surface area contributed by atoms with E-state index in [9.17, 15) is 24.3 Å². The molecule has 9 nitrogen and oxygen atoms in total. The maximum absolute atomic E-state index is 12.3. The van der Waals surface area contributed by atoms with Crippen LogP contribution in [0, 0.1) is 0 Å². The quantitative estimate of drug-likeness (QED) is 0.103. The van der Waals surface area contributed by atoms with Crippen LogP contribution in [0.3, 0.4) is 0 Å². The number of β-lactam (4-membered cyclic amide) rings is 1. The van der Waals surface area contributed by atoms with Gasteiger partial charge in [-0.2, -0.15) is 0 Å². The van der Waals surface area contributed by atoms with Crippen molar-refractivity contribution >= 4 is 35.5 Å². The van der Waals surface area contributed by atoms with E-state index in [0.29, 0.717) is 12.0 Å². The van der Waals surface area contributed by atoms with Crippen LogP contribution in [0.2, 0.25) is 0 Å². The normalized spacial score (nSPS) is 21.1. The number of primary amides is 1. The first-order valence-corrected chi connectivity index (χ1v) is 16.5. The smallest absolute Gasteiger partial charge is 0.327 e. The van der Waals surface area contributed by atoms with Crippen molar-refractivity contribution < 1.29 is 24.3 Å². The van der Waals surface area contributed by atoms with Gasteiger partial charge in [0.05, 0.1) is 0 Å². The predicted molar refractivity (Wildman–Crippen MR) is 177 cm³/mol. The summed E-state index contributed by atoms with van der Waals surface area (Å²) >= 11 is 1.38. The van der Waals surface area contributed by atoms with E-state index in [-0.39, 0.29) is 17.2 Å². The first-order chi connectivity index (χ1) is 21.0. The Morgan fingerprint density at radius 2 is 1.55 bits per heavy atom. The minimum Gasteiger partial charge on any atom is -0.480 e. The van der Waals surface area contributed by atoms with Crippen LogP contribution in [0.25, 0.3) is 0 Å². The highest BCUT2D eigenvalue weighted by Gasteiger charge is 2.64. The third kappa shape index (κ3) is 11.6. The highest BCUT2D eigenvalue weighted by Crippen LogP contribution is 2.50. The van der Waals surface area contributed by atoms with Crippen molar-refractivity contribution in [2.75, 3.05) is 0 Å². The lowest BCUT2D eigenvalue weighted by molar-refractivity contribution is -0.161. The molecule has 4 atom stereocenters. The van der Waals surface area contributed by atoms with Crippen LogP contribution >= 0.6 is 11.8 Å². The van der Waals surface area contributed by atoms with Gasteiger partial charge in [-0.1, -0.05) is 86.6 Å². The number of carboxylic acid groups (broad SMARTS) is 1. The molecule has 0 radical (unpaired) electrons. The molecule has 2 aliphatic heterocycles. The number of amides is 3. The number of hydrogen-bond donors (Lipinski definition) is 4. The number of unbranched alkanes of at least 4 members (excludes halogenated alkanes) is 5. The second-order valence-electron chi connectivity index (χ2n) is 11.6. The maximum atomic E-state index is 12.3. The summed E-state index contributed by atoms with van der Waals surface area (Å²) in [4.78, 5) is 48.0. The second-order valence-corrected chi connectivity index (χ2v) is 13.3. The van der Waals surface area contributed by atoms with E-state index >= 15 is 0 Å². The molecule has 1 aromatic rings. The third-order valence-corrected chi connectivity index (χ3v) is 9.05. The van der Waals surface area contributed by atoms with Crippen molar-refractivity contribution in [3.63, 3.8) is 0 Å². The summed E-state index contributed by atoms with van der Waals surface area (Å²) in [5.74, 6) is -2.05. The van der Waals surface area contributed by atoms with Gasteiger partial charge in [0.25, 0.3) is 0 Å². The van der Waals surface area contributed by atoms with Gasteiger partial charge < -0.3 is 26.8 Å². The molecule has 0 aliphatic carbocycles. The summed E-state index contributed by atoms with van der Waals surface area (Å²) in [6, 6.07) is 6.38. The molecule has 4 unspecified atom stereocenters. The number of benzene rings is 1. The molecule has 0 aromatic heterocycles. The average Bonchev–Trinajstić information content (AvgIpc) is 3.25. The number of allylic oxidation sites excluding steroid dienone is 6. The summed E-state index contributed by atoms with van der Waals surface area (Å²) < 4.78 is -0.618.